The molecule has 2 rings (SSSR count). The average Bonchev–Trinajstić information content (AvgIpc) is 2.46. The molecule has 2 aliphatic rings. The molecule has 108 valence electrons. The minimum Gasteiger partial charge on any atom is -0.467 e. The molecule has 1 unspecified atom stereocenters. The van der Waals surface area contributed by atoms with Crippen LogP contribution < -0.4 is 0 Å². The number of ether oxygens (including phenoxy) is 2. The summed E-state index contributed by atoms with van der Waals surface area (Å²) in [7, 11) is 1.35. The zero-order valence-corrected chi connectivity index (χ0v) is 11.8. The smallest absolute Gasteiger partial charge is 0.331 e. The summed E-state index contributed by atoms with van der Waals surface area (Å²) in [6.45, 7) is 3.25. The number of esters is 1. The summed E-state index contributed by atoms with van der Waals surface area (Å²) in [6, 6.07) is -0.579. The van der Waals surface area contributed by atoms with Gasteiger partial charge in [0.2, 0.25) is 5.91 Å². The quantitative estimate of drug-likeness (QED) is 0.710. The molecular weight excluding hydrogens is 246 g/mol. The molecule has 1 saturated carbocycles. The fourth-order valence-electron chi connectivity index (χ4n) is 3.07. The van der Waals surface area contributed by atoms with Crippen molar-refractivity contribution in [3.8, 4) is 0 Å². The minimum absolute atomic E-state index is 0.0888. The van der Waals surface area contributed by atoms with E-state index < -0.39 is 6.04 Å². The van der Waals surface area contributed by atoms with Crippen LogP contribution >= 0.6 is 0 Å². The topological polar surface area (TPSA) is 55.8 Å². The lowest BCUT2D eigenvalue weighted by Gasteiger charge is -2.41. The van der Waals surface area contributed by atoms with E-state index in [1.165, 1.54) is 13.5 Å². The molecule has 0 bridgehead atoms. The van der Waals surface area contributed by atoms with Crippen LogP contribution in [0, 0.1) is 5.41 Å². The Kier molecular flexibility index (Phi) is 4.45. The molecule has 19 heavy (non-hydrogen) atoms. The second-order valence-corrected chi connectivity index (χ2v) is 5.73. The zero-order chi connectivity index (χ0) is 13.9. The predicted octanol–water partition coefficient (Wildman–Crippen LogP) is 1.36. The third-order valence-corrected chi connectivity index (χ3v) is 4.34. The maximum atomic E-state index is 12.8. The number of morpholine rings is 1. The highest BCUT2D eigenvalue weighted by atomic mass is 16.5. The summed E-state index contributed by atoms with van der Waals surface area (Å²) in [5.74, 6) is -0.293. The van der Waals surface area contributed by atoms with Crippen molar-refractivity contribution in [2.24, 2.45) is 5.41 Å². The Labute approximate surface area is 114 Å². The second kappa shape index (κ2) is 5.90. The van der Waals surface area contributed by atoms with Gasteiger partial charge >= 0.3 is 5.97 Å². The van der Waals surface area contributed by atoms with Crippen molar-refractivity contribution >= 4 is 11.9 Å². The van der Waals surface area contributed by atoms with E-state index in [0.717, 1.165) is 25.7 Å². The Hall–Kier alpha value is -1.10. The van der Waals surface area contributed by atoms with Crippen LogP contribution in [-0.2, 0) is 19.1 Å². The van der Waals surface area contributed by atoms with Gasteiger partial charge in [-0.1, -0.05) is 26.2 Å². The number of amides is 1. The SMILES string of the molecule is COC(=O)C1COCCN1C(=O)C1(C)CCCCC1. The summed E-state index contributed by atoms with van der Waals surface area (Å²) in [4.78, 5) is 26.2. The molecule has 0 radical (unpaired) electrons. The summed E-state index contributed by atoms with van der Waals surface area (Å²) < 4.78 is 10.1. The summed E-state index contributed by atoms with van der Waals surface area (Å²) in [5.41, 5.74) is -0.318. The molecule has 0 N–H and O–H groups in total. The Morgan fingerprint density at radius 2 is 1.95 bits per heavy atom. The lowest BCUT2D eigenvalue weighted by molar-refractivity contribution is -0.166. The van der Waals surface area contributed by atoms with Gasteiger partial charge in [0, 0.05) is 12.0 Å². The number of methoxy groups -OCH3 is 1. The van der Waals surface area contributed by atoms with Crippen molar-refractivity contribution in [3.05, 3.63) is 0 Å². The number of hydrogen-bond donors (Lipinski definition) is 0. The van der Waals surface area contributed by atoms with E-state index in [1.807, 2.05) is 6.92 Å². The Morgan fingerprint density at radius 3 is 2.58 bits per heavy atom. The predicted molar refractivity (Wildman–Crippen MR) is 69.5 cm³/mol. The number of rotatable bonds is 2. The molecule has 1 amide bonds. The Morgan fingerprint density at radius 1 is 1.26 bits per heavy atom. The standard InChI is InChI=1S/C14H23NO4/c1-14(6-4-3-5-7-14)13(17)15-8-9-19-10-11(15)12(16)18-2/h11H,3-10H2,1-2H3. The third kappa shape index (κ3) is 2.91. The van der Waals surface area contributed by atoms with E-state index in [2.05, 4.69) is 0 Å². The highest BCUT2D eigenvalue weighted by molar-refractivity contribution is 5.88. The second-order valence-electron chi connectivity index (χ2n) is 5.73. The van der Waals surface area contributed by atoms with Crippen LogP contribution in [0.4, 0.5) is 0 Å². The molecular formula is C14H23NO4. The molecule has 0 spiro atoms. The molecule has 1 atom stereocenters. The maximum absolute atomic E-state index is 12.8. The molecule has 0 aromatic heterocycles. The van der Waals surface area contributed by atoms with Crippen LogP contribution in [0.15, 0.2) is 0 Å². The van der Waals surface area contributed by atoms with Gasteiger partial charge in [-0.05, 0) is 12.8 Å². The van der Waals surface area contributed by atoms with Crippen molar-refractivity contribution in [3.63, 3.8) is 0 Å². The molecule has 0 aromatic rings. The van der Waals surface area contributed by atoms with Crippen molar-refractivity contribution in [1.82, 2.24) is 4.90 Å². The molecule has 2 fully saturated rings. The van der Waals surface area contributed by atoms with E-state index in [4.69, 9.17) is 9.47 Å². The molecule has 5 nitrogen and oxygen atoms in total. The van der Waals surface area contributed by atoms with E-state index in [9.17, 15) is 9.59 Å². The first kappa shape index (κ1) is 14.3. The van der Waals surface area contributed by atoms with E-state index in [-0.39, 0.29) is 23.9 Å². The fourth-order valence-corrected chi connectivity index (χ4v) is 3.07. The molecule has 1 aliphatic heterocycles. The van der Waals surface area contributed by atoms with Gasteiger partial charge in [-0.25, -0.2) is 4.79 Å². The van der Waals surface area contributed by atoms with Crippen LogP contribution in [-0.4, -0.2) is 49.7 Å². The first-order valence-electron chi connectivity index (χ1n) is 7.05. The van der Waals surface area contributed by atoms with Gasteiger partial charge < -0.3 is 14.4 Å². The van der Waals surface area contributed by atoms with Gasteiger partial charge in [0.1, 0.15) is 0 Å². The number of nitrogens with zero attached hydrogens (tertiary/aromatic N) is 1. The Balaban J connectivity index is 2.12. The van der Waals surface area contributed by atoms with Gasteiger partial charge in [0.05, 0.1) is 20.3 Å². The summed E-state index contributed by atoms with van der Waals surface area (Å²) in [5, 5.41) is 0. The van der Waals surface area contributed by atoms with Crippen molar-refractivity contribution in [2.45, 2.75) is 45.1 Å². The zero-order valence-electron chi connectivity index (χ0n) is 11.8. The van der Waals surface area contributed by atoms with Gasteiger partial charge in [0.15, 0.2) is 6.04 Å². The van der Waals surface area contributed by atoms with E-state index >= 15 is 0 Å². The van der Waals surface area contributed by atoms with Crippen LogP contribution in [0.25, 0.3) is 0 Å². The van der Waals surface area contributed by atoms with Crippen LogP contribution in [0.3, 0.4) is 0 Å². The van der Waals surface area contributed by atoms with E-state index in [1.54, 1.807) is 4.90 Å². The first-order chi connectivity index (χ1) is 9.08. The molecule has 5 heteroatoms. The maximum Gasteiger partial charge on any atom is 0.331 e. The lowest BCUT2D eigenvalue weighted by atomic mass is 9.74. The molecule has 1 heterocycles. The van der Waals surface area contributed by atoms with Crippen LogP contribution in [0.5, 0.6) is 0 Å². The van der Waals surface area contributed by atoms with E-state index in [0.29, 0.717) is 13.2 Å². The van der Waals surface area contributed by atoms with Crippen LogP contribution in [0.1, 0.15) is 39.0 Å². The molecule has 0 aromatic carbocycles. The minimum atomic E-state index is -0.579. The normalized spacial score (nSPS) is 26.8. The van der Waals surface area contributed by atoms with Crippen molar-refractivity contribution in [1.29, 1.82) is 0 Å². The van der Waals surface area contributed by atoms with Crippen molar-refractivity contribution in [2.75, 3.05) is 26.9 Å². The third-order valence-electron chi connectivity index (χ3n) is 4.34. The summed E-state index contributed by atoms with van der Waals surface area (Å²) >= 11 is 0. The van der Waals surface area contributed by atoms with Gasteiger partial charge in [-0.3, -0.25) is 4.79 Å². The van der Waals surface area contributed by atoms with Gasteiger partial charge in [0.25, 0.3) is 0 Å². The van der Waals surface area contributed by atoms with Gasteiger partial charge in [-0.15, -0.1) is 0 Å². The number of hydrogen-bond acceptors (Lipinski definition) is 4. The average molecular weight is 269 g/mol. The Bertz CT molecular complexity index is 349. The summed E-state index contributed by atoms with van der Waals surface area (Å²) in [6.07, 6.45) is 5.21. The first-order valence-corrected chi connectivity index (χ1v) is 7.05. The molecule has 1 saturated heterocycles. The van der Waals surface area contributed by atoms with Crippen molar-refractivity contribution < 1.29 is 19.1 Å². The highest BCUT2D eigenvalue weighted by Crippen LogP contribution is 2.38. The largest absolute Gasteiger partial charge is 0.467 e. The molecule has 1 aliphatic carbocycles. The number of carbonyl (C=O) groups is 2. The number of carbonyl (C=O) groups excluding carboxylic acids is 2. The fraction of sp³-hybridized carbons (Fsp3) is 0.857. The lowest BCUT2D eigenvalue weighted by Crippen LogP contribution is -2.57. The monoisotopic (exact) mass is 269 g/mol. The van der Waals surface area contributed by atoms with Crippen LogP contribution in [0.2, 0.25) is 0 Å². The highest BCUT2D eigenvalue weighted by Gasteiger charge is 2.43. The van der Waals surface area contributed by atoms with Gasteiger partial charge in [-0.2, -0.15) is 0 Å².